The van der Waals surface area contributed by atoms with Gasteiger partial charge in [-0.15, -0.1) is 0 Å². The molecule has 2 aliphatic rings. The van der Waals surface area contributed by atoms with Gasteiger partial charge in [0.2, 0.25) is 0 Å². The van der Waals surface area contributed by atoms with Crippen LogP contribution in [-0.4, -0.2) is 49.6 Å². The van der Waals surface area contributed by atoms with Crippen LogP contribution in [0.4, 0.5) is 5.69 Å². The number of benzene rings is 2. The zero-order valence-corrected chi connectivity index (χ0v) is 19.3. The van der Waals surface area contributed by atoms with Gasteiger partial charge in [-0.3, -0.25) is 4.99 Å². The van der Waals surface area contributed by atoms with Crippen molar-refractivity contribution in [3.8, 4) is 0 Å². The van der Waals surface area contributed by atoms with Crippen molar-refractivity contribution in [2.75, 3.05) is 31.6 Å². The van der Waals surface area contributed by atoms with Gasteiger partial charge in [-0.25, -0.2) is 0 Å². The number of hydrogen-bond donors (Lipinski definition) is 2. The number of nitrogens with zero attached hydrogens (tertiary/aromatic N) is 3. The first-order valence-electron chi connectivity index (χ1n) is 11.7. The minimum absolute atomic E-state index is 0.506. The molecule has 2 heterocycles. The van der Waals surface area contributed by atoms with E-state index in [4.69, 9.17) is 0 Å². The molecule has 0 radical (unpaired) electrons. The second-order valence-corrected chi connectivity index (χ2v) is 9.09. The molecule has 0 spiro atoms. The van der Waals surface area contributed by atoms with Crippen molar-refractivity contribution < 1.29 is 0 Å². The Balaban J connectivity index is 1.24. The highest BCUT2D eigenvalue weighted by Crippen LogP contribution is 2.28. The fraction of sp³-hybridized carbons (Fsp3) is 0.500. The maximum Gasteiger partial charge on any atom is 0.191 e. The predicted octanol–water partition coefficient (Wildman–Crippen LogP) is 3.79. The highest BCUT2D eigenvalue weighted by molar-refractivity contribution is 5.79. The van der Waals surface area contributed by atoms with Crippen molar-refractivity contribution in [3.63, 3.8) is 0 Å². The summed E-state index contributed by atoms with van der Waals surface area (Å²) in [6.45, 7) is 9.76. The number of hydrogen-bond acceptors (Lipinski definition) is 3. The summed E-state index contributed by atoms with van der Waals surface area (Å²) >= 11 is 0. The van der Waals surface area contributed by atoms with Crippen LogP contribution in [-0.2, 0) is 19.5 Å². The van der Waals surface area contributed by atoms with Crippen LogP contribution in [0.15, 0.2) is 53.5 Å². The quantitative estimate of drug-likeness (QED) is 0.552. The summed E-state index contributed by atoms with van der Waals surface area (Å²) in [6.07, 6.45) is 3.50. The summed E-state index contributed by atoms with van der Waals surface area (Å²) in [5.74, 6) is 0.903. The molecule has 0 atom stereocenters. The monoisotopic (exact) mass is 419 g/mol. The van der Waals surface area contributed by atoms with E-state index in [1.807, 2.05) is 7.05 Å². The van der Waals surface area contributed by atoms with Crippen molar-refractivity contribution in [1.29, 1.82) is 0 Å². The van der Waals surface area contributed by atoms with Crippen LogP contribution in [0.3, 0.4) is 0 Å². The van der Waals surface area contributed by atoms with Gasteiger partial charge < -0.3 is 20.4 Å². The van der Waals surface area contributed by atoms with Crippen molar-refractivity contribution in [3.05, 3.63) is 65.2 Å². The number of para-hydroxylation sites is 1. The number of fused-ring (bicyclic) bond motifs is 1. The minimum Gasteiger partial charge on any atom is -0.367 e. The molecule has 4 rings (SSSR count). The molecule has 166 valence electrons. The van der Waals surface area contributed by atoms with E-state index in [2.05, 4.69) is 87.8 Å². The third-order valence-electron chi connectivity index (χ3n) is 6.66. The molecule has 2 N–H and O–H groups in total. The minimum atomic E-state index is 0.506. The molecular weight excluding hydrogens is 382 g/mol. The fourth-order valence-corrected chi connectivity index (χ4v) is 4.69. The van der Waals surface area contributed by atoms with E-state index in [0.717, 1.165) is 45.1 Å². The Labute approximate surface area is 187 Å². The van der Waals surface area contributed by atoms with Crippen molar-refractivity contribution >= 4 is 11.6 Å². The number of guanidine groups is 1. The number of rotatable bonds is 6. The van der Waals surface area contributed by atoms with Crippen LogP contribution in [0.2, 0.25) is 0 Å². The molecule has 2 aromatic rings. The van der Waals surface area contributed by atoms with Gasteiger partial charge in [0.25, 0.3) is 0 Å². The second-order valence-electron chi connectivity index (χ2n) is 9.09. The topological polar surface area (TPSA) is 42.9 Å². The Morgan fingerprint density at radius 3 is 2.42 bits per heavy atom. The number of nitrogens with one attached hydrogen (secondary N) is 2. The van der Waals surface area contributed by atoms with Crippen LogP contribution in [0.1, 0.15) is 43.4 Å². The molecule has 1 fully saturated rings. The molecule has 2 aromatic carbocycles. The Morgan fingerprint density at radius 1 is 1.00 bits per heavy atom. The van der Waals surface area contributed by atoms with Gasteiger partial charge in [0.15, 0.2) is 5.96 Å². The first-order valence-corrected chi connectivity index (χ1v) is 11.7. The van der Waals surface area contributed by atoms with Crippen LogP contribution in [0.25, 0.3) is 0 Å². The summed E-state index contributed by atoms with van der Waals surface area (Å²) in [5, 5.41) is 7.10. The highest BCUT2D eigenvalue weighted by atomic mass is 15.2. The van der Waals surface area contributed by atoms with Crippen LogP contribution in [0, 0.1) is 0 Å². The van der Waals surface area contributed by atoms with E-state index in [0.29, 0.717) is 12.1 Å². The van der Waals surface area contributed by atoms with E-state index < -0.39 is 0 Å². The zero-order valence-electron chi connectivity index (χ0n) is 19.3. The highest BCUT2D eigenvalue weighted by Gasteiger charge is 2.21. The Morgan fingerprint density at radius 2 is 1.71 bits per heavy atom. The third-order valence-corrected chi connectivity index (χ3v) is 6.66. The second kappa shape index (κ2) is 10.2. The average Bonchev–Trinajstić information content (AvgIpc) is 3.20. The molecular formula is C26H37N5. The van der Waals surface area contributed by atoms with Crippen LogP contribution in [0.5, 0.6) is 0 Å². The van der Waals surface area contributed by atoms with E-state index in [1.54, 1.807) is 0 Å². The van der Waals surface area contributed by atoms with Gasteiger partial charge in [-0.1, -0.05) is 42.5 Å². The van der Waals surface area contributed by atoms with E-state index in [1.165, 1.54) is 35.2 Å². The maximum absolute atomic E-state index is 4.43. The van der Waals surface area contributed by atoms with Gasteiger partial charge in [0, 0.05) is 57.5 Å². The van der Waals surface area contributed by atoms with E-state index in [9.17, 15) is 0 Å². The molecule has 1 saturated heterocycles. The average molecular weight is 420 g/mol. The molecule has 0 saturated carbocycles. The third kappa shape index (κ3) is 5.59. The normalized spacial score (nSPS) is 17.8. The molecule has 31 heavy (non-hydrogen) atoms. The molecule has 0 bridgehead atoms. The maximum atomic E-state index is 4.43. The first-order chi connectivity index (χ1) is 15.1. The molecule has 5 nitrogen and oxygen atoms in total. The van der Waals surface area contributed by atoms with Gasteiger partial charge >= 0.3 is 0 Å². The number of anilines is 1. The number of piperidine rings is 1. The lowest BCUT2D eigenvalue weighted by molar-refractivity contribution is 0.167. The van der Waals surface area contributed by atoms with Crippen molar-refractivity contribution in [2.45, 2.75) is 58.3 Å². The Bertz CT molecular complexity index is 866. The SMILES string of the molecule is CN=C(NCc1ccc(CN2CCc3ccccc32)cc1)NC1CCN(C(C)C)CC1. The van der Waals surface area contributed by atoms with Gasteiger partial charge in [-0.05, 0) is 55.9 Å². The molecule has 2 aliphatic heterocycles. The molecule has 5 heteroatoms. The smallest absolute Gasteiger partial charge is 0.191 e. The summed E-state index contributed by atoms with van der Waals surface area (Å²) in [5.41, 5.74) is 5.50. The largest absolute Gasteiger partial charge is 0.367 e. The summed E-state index contributed by atoms with van der Waals surface area (Å²) in [6, 6.07) is 18.9. The Hall–Kier alpha value is -2.53. The van der Waals surface area contributed by atoms with Crippen molar-refractivity contribution in [1.82, 2.24) is 15.5 Å². The first kappa shape index (κ1) is 21.7. The summed E-state index contributed by atoms with van der Waals surface area (Å²) < 4.78 is 0. The van der Waals surface area contributed by atoms with Gasteiger partial charge in [-0.2, -0.15) is 0 Å². The number of aliphatic imine (C=N–C) groups is 1. The van der Waals surface area contributed by atoms with Crippen LogP contribution < -0.4 is 15.5 Å². The van der Waals surface area contributed by atoms with Gasteiger partial charge in [0.1, 0.15) is 0 Å². The zero-order chi connectivity index (χ0) is 21.6. The number of likely N-dealkylation sites (tertiary alicyclic amines) is 1. The molecule has 0 aromatic heterocycles. The van der Waals surface area contributed by atoms with Gasteiger partial charge in [0.05, 0.1) is 0 Å². The van der Waals surface area contributed by atoms with E-state index >= 15 is 0 Å². The fourth-order valence-electron chi connectivity index (χ4n) is 4.69. The summed E-state index contributed by atoms with van der Waals surface area (Å²) in [4.78, 5) is 9.47. The summed E-state index contributed by atoms with van der Waals surface area (Å²) in [7, 11) is 1.86. The van der Waals surface area contributed by atoms with E-state index in [-0.39, 0.29) is 0 Å². The van der Waals surface area contributed by atoms with Crippen LogP contribution >= 0.6 is 0 Å². The lowest BCUT2D eigenvalue weighted by atomic mass is 10.0. The lowest BCUT2D eigenvalue weighted by Gasteiger charge is -2.35. The lowest BCUT2D eigenvalue weighted by Crippen LogP contribution is -2.49. The molecule has 0 unspecified atom stereocenters. The molecule has 0 aliphatic carbocycles. The Kier molecular flexibility index (Phi) is 7.13. The standard InChI is InChI=1S/C26H37N5/c1-20(2)30-16-13-24(14-17-30)29-26(27-3)28-18-21-8-10-22(11-9-21)19-31-15-12-23-6-4-5-7-25(23)31/h4-11,20,24H,12-19H2,1-3H3,(H2,27,28,29). The predicted molar refractivity (Wildman–Crippen MR) is 131 cm³/mol. The van der Waals surface area contributed by atoms with Crippen molar-refractivity contribution in [2.24, 2.45) is 4.99 Å². The molecule has 0 amide bonds.